The van der Waals surface area contributed by atoms with Crippen molar-refractivity contribution in [3.63, 3.8) is 0 Å². The maximum atomic E-state index is 11.1. The molecule has 2 saturated heterocycles. The summed E-state index contributed by atoms with van der Waals surface area (Å²) in [6.45, 7) is 8.89. The summed E-state index contributed by atoms with van der Waals surface area (Å²) >= 11 is 0. The van der Waals surface area contributed by atoms with E-state index in [1.165, 1.54) is 6.92 Å². The summed E-state index contributed by atoms with van der Waals surface area (Å²) in [6, 6.07) is -0.0719. The summed E-state index contributed by atoms with van der Waals surface area (Å²) in [5, 5.41) is 6.90. The fourth-order valence-corrected chi connectivity index (χ4v) is 3.15. The summed E-state index contributed by atoms with van der Waals surface area (Å²) < 4.78 is 17.1. The third kappa shape index (κ3) is 4.52. The fourth-order valence-electron chi connectivity index (χ4n) is 3.15. The van der Waals surface area contributed by atoms with Crippen LogP contribution >= 0.6 is 0 Å². The minimum atomic E-state index is -0.0719. The third-order valence-electron chi connectivity index (χ3n) is 4.18. The Kier molecular flexibility index (Phi) is 5.47. The van der Waals surface area contributed by atoms with E-state index in [1.807, 2.05) is 0 Å². The molecule has 1 aromatic heterocycles. The molecule has 3 rings (SSSR count). The predicted octanol–water partition coefficient (Wildman–Crippen LogP) is 0.372. The fraction of sp³-hybridized carbons (Fsp3) is 0.812. The van der Waals surface area contributed by atoms with Gasteiger partial charge in [-0.1, -0.05) is 19.0 Å². The molecule has 0 spiro atoms. The molecule has 0 radical (unpaired) electrons. The smallest absolute Gasteiger partial charge is 0.226 e. The number of amides is 1. The average Bonchev–Trinajstić information content (AvgIpc) is 3.04. The van der Waals surface area contributed by atoms with Crippen LogP contribution in [0.15, 0.2) is 4.52 Å². The Balaban J connectivity index is 1.50. The second kappa shape index (κ2) is 7.58. The van der Waals surface area contributed by atoms with Gasteiger partial charge in [0.1, 0.15) is 0 Å². The maximum absolute atomic E-state index is 11.1. The van der Waals surface area contributed by atoms with Crippen LogP contribution in [0.5, 0.6) is 0 Å². The molecule has 0 unspecified atom stereocenters. The number of carbonyl (C=O) groups excluding carboxylic acids is 1. The Morgan fingerprint density at radius 3 is 2.54 bits per heavy atom. The number of carbonyl (C=O) groups is 1. The number of fused-ring (bicyclic) bond motifs is 1. The van der Waals surface area contributed by atoms with Gasteiger partial charge in [0.2, 0.25) is 11.8 Å². The van der Waals surface area contributed by atoms with Gasteiger partial charge in [0.25, 0.3) is 0 Å². The average molecular weight is 338 g/mol. The molecule has 0 bridgehead atoms. The van der Waals surface area contributed by atoms with Crippen LogP contribution in [-0.4, -0.2) is 65.5 Å². The van der Waals surface area contributed by atoms with Crippen LogP contribution in [0, 0.1) is 5.92 Å². The van der Waals surface area contributed by atoms with E-state index in [4.69, 9.17) is 14.0 Å². The zero-order valence-corrected chi connectivity index (χ0v) is 14.5. The molecular formula is C16H26N4O4. The molecule has 1 amide bonds. The molecule has 2 aliphatic heterocycles. The third-order valence-corrected chi connectivity index (χ3v) is 4.18. The minimum absolute atomic E-state index is 0.0193. The predicted molar refractivity (Wildman–Crippen MR) is 85.2 cm³/mol. The molecule has 2 atom stereocenters. The Bertz CT molecular complexity index is 546. The zero-order valence-electron chi connectivity index (χ0n) is 14.5. The Labute approximate surface area is 141 Å². The van der Waals surface area contributed by atoms with Crippen molar-refractivity contribution < 1.29 is 18.8 Å². The summed E-state index contributed by atoms with van der Waals surface area (Å²) in [5.74, 6) is 1.84. The van der Waals surface area contributed by atoms with E-state index in [2.05, 4.69) is 34.2 Å². The van der Waals surface area contributed by atoms with E-state index in [9.17, 15) is 4.79 Å². The van der Waals surface area contributed by atoms with Crippen LogP contribution in [0.25, 0.3) is 0 Å². The highest BCUT2D eigenvalue weighted by Crippen LogP contribution is 2.21. The second-order valence-corrected chi connectivity index (χ2v) is 7.04. The van der Waals surface area contributed by atoms with Crippen molar-refractivity contribution >= 4 is 5.91 Å². The van der Waals surface area contributed by atoms with Gasteiger partial charge >= 0.3 is 0 Å². The maximum Gasteiger partial charge on any atom is 0.226 e. The van der Waals surface area contributed by atoms with Crippen molar-refractivity contribution in [3.8, 4) is 0 Å². The van der Waals surface area contributed by atoms with Gasteiger partial charge in [0.05, 0.1) is 38.0 Å². The van der Waals surface area contributed by atoms with Crippen molar-refractivity contribution in [2.24, 2.45) is 5.92 Å². The summed E-state index contributed by atoms with van der Waals surface area (Å²) in [4.78, 5) is 17.8. The summed E-state index contributed by atoms with van der Waals surface area (Å²) in [6.07, 6.45) is 0.839. The Morgan fingerprint density at radius 2 is 1.96 bits per heavy atom. The van der Waals surface area contributed by atoms with Gasteiger partial charge in [0, 0.05) is 26.4 Å². The molecule has 3 heterocycles. The van der Waals surface area contributed by atoms with Crippen LogP contribution in [0.1, 0.15) is 32.5 Å². The lowest BCUT2D eigenvalue weighted by molar-refractivity contribution is -0.120. The molecule has 1 N–H and O–H groups in total. The van der Waals surface area contributed by atoms with Crippen LogP contribution < -0.4 is 5.32 Å². The second-order valence-electron chi connectivity index (χ2n) is 7.04. The zero-order chi connectivity index (χ0) is 17.1. The molecule has 8 nitrogen and oxygen atoms in total. The quantitative estimate of drug-likeness (QED) is 0.830. The number of ether oxygens (including phenoxy) is 2. The monoisotopic (exact) mass is 338 g/mol. The van der Waals surface area contributed by atoms with E-state index in [0.29, 0.717) is 37.4 Å². The first-order valence-electron chi connectivity index (χ1n) is 8.53. The first kappa shape index (κ1) is 17.3. The number of likely N-dealkylation sites (tertiary alicyclic amines) is 1. The van der Waals surface area contributed by atoms with Crippen molar-refractivity contribution in [2.75, 3.05) is 26.3 Å². The number of nitrogens with one attached hydrogen (secondary N) is 1. The molecule has 1 aromatic rings. The highest BCUT2D eigenvalue weighted by molar-refractivity contribution is 5.73. The number of hydrogen-bond donors (Lipinski definition) is 1. The van der Waals surface area contributed by atoms with Crippen LogP contribution in [-0.2, 0) is 27.2 Å². The lowest BCUT2D eigenvalue weighted by Crippen LogP contribution is -2.40. The first-order chi connectivity index (χ1) is 11.5. The molecule has 0 aliphatic carbocycles. The molecule has 2 fully saturated rings. The molecule has 8 heteroatoms. The number of rotatable bonds is 5. The number of nitrogens with zero attached hydrogens (tertiary/aromatic N) is 3. The van der Waals surface area contributed by atoms with Gasteiger partial charge < -0.3 is 19.3 Å². The SMILES string of the molecule is CC(=O)NC1CO[C@H]2CN(Cc3noc(CC(C)C)n3)C[C@@H]2OC1. The number of hydrogen-bond acceptors (Lipinski definition) is 7. The normalized spacial score (nSPS) is 25.7. The van der Waals surface area contributed by atoms with Gasteiger partial charge in [-0.05, 0) is 5.92 Å². The minimum Gasteiger partial charge on any atom is -0.372 e. The Morgan fingerprint density at radius 1 is 1.29 bits per heavy atom. The van der Waals surface area contributed by atoms with Crippen LogP contribution in [0.3, 0.4) is 0 Å². The highest BCUT2D eigenvalue weighted by atomic mass is 16.6. The van der Waals surface area contributed by atoms with Gasteiger partial charge in [-0.2, -0.15) is 4.98 Å². The van der Waals surface area contributed by atoms with Crippen LogP contribution in [0.4, 0.5) is 0 Å². The molecule has 134 valence electrons. The molecular weight excluding hydrogens is 312 g/mol. The van der Waals surface area contributed by atoms with Crippen molar-refractivity contribution in [3.05, 3.63) is 11.7 Å². The van der Waals surface area contributed by atoms with Gasteiger partial charge in [-0.25, -0.2) is 0 Å². The van der Waals surface area contributed by atoms with E-state index < -0.39 is 0 Å². The number of aromatic nitrogens is 2. The lowest BCUT2D eigenvalue weighted by Gasteiger charge is -2.17. The van der Waals surface area contributed by atoms with Crippen molar-refractivity contribution in [1.82, 2.24) is 20.4 Å². The van der Waals surface area contributed by atoms with E-state index in [-0.39, 0.29) is 24.2 Å². The lowest BCUT2D eigenvalue weighted by atomic mass is 10.1. The van der Waals surface area contributed by atoms with Gasteiger partial charge in [-0.3, -0.25) is 9.69 Å². The topological polar surface area (TPSA) is 89.7 Å². The van der Waals surface area contributed by atoms with Gasteiger partial charge in [0.15, 0.2) is 5.82 Å². The van der Waals surface area contributed by atoms with Gasteiger partial charge in [-0.15, -0.1) is 0 Å². The van der Waals surface area contributed by atoms with E-state index in [1.54, 1.807) is 0 Å². The van der Waals surface area contributed by atoms with Crippen molar-refractivity contribution in [1.29, 1.82) is 0 Å². The molecule has 0 saturated carbocycles. The molecule has 0 aromatic carbocycles. The van der Waals surface area contributed by atoms with E-state index in [0.717, 1.165) is 19.5 Å². The van der Waals surface area contributed by atoms with E-state index >= 15 is 0 Å². The van der Waals surface area contributed by atoms with Crippen LogP contribution in [0.2, 0.25) is 0 Å². The standard InChI is InChI=1S/C16H26N4O4/c1-10(2)4-16-18-15(19-24-16)7-20-5-13-14(6-20)23-9-12(8-22-13)17-11(3)21/h10,12-14H,4-9H2,1-3H3,(H,17,21)/t13-,14-/m0/s1. The summed E-state index contributed by atoms with van der Waals surface area (Å²) in [5.41, 5.74) is 0. The molecule has 24 heavy (non-hydrogen) atoms. The molecule has 2 aliphatic rings. The highest BCUT2D eigenvalue weighted by Gasteiger charge is 2.37. The first-order valence-corrected chi connectivity index (χ1v) is 8.53. The summed E-state index contributed by atoms with van der Waals surface area (Å²) in [7, 11) is 0. The Hall–Kier alpha value is -1.51. The largest absolute Gasteiger partial charge is 0.372 e. The van der Waals surface area contributed by atoms with Crippen molar-refractivity contribution in [2.45, 2.75) is 52.0 Å².